The van der Waals surface area contributed by atoms with E-state index in [-0.39, 0.29) is 24.2 Å². The molecule has 1 heterocycles. The minimum atomic E-state index is -1.05. The molecule has 0 spiro atoms. The van der Waals surface area contributed by atoms with Crippen LogP contribution in [0.3, 0.4) is 0 Å². The van der Waals surface area contributed by atoms with E-state index >= 15 is 0 Å². The van der Waals surface area contributed by atoms with Crippen LogP contribution < -0.4 is 10.6 Å². The molecular weight excluding hydrogens is 321 g/mol. The maximum Gasteiger partial charge on any atom is 0.315 e. The van der Waals surface area contributed by atoms with Crippen molar-refractivity contribution in [1.29, 1.82) is 0 Å². The monoisotopic (exact) mass is 349 g/mol. The molecule has 3 N–H and O–H groups in total. The van der Waals surface area contributed by atoms with Crippen molar-refractivity contribution in [2.45, 2.75) is 44.2 Å². The molecule has 1 aromatic carbocycles. The van der Waals surface area contributed by atoms with E-state index in [1.807, 2.05) is 0 Å². The Morgan fingerprint density at radius 1 is 1.28 bits per heavy atom. The number of halogens is 1. The molecule has 1 saturated heterocycles. The van der Waals surface area contributed by atoms with Crippen LogP contribution in [0.25, 0.3) is 0 Å². The van der Waals surface area contributed by atoms with E-state index in [1.165, 1.54) is 37.8 Å². The average Bonchev–Trinajstić information content (AvgIpc) is 3.26. The van der Waals surface area contributed by atoms with Crippen LogP contribution in [0.15, 0.2) is 24.3 Å². The quantitative estimate of drug-likeness (QED) is 0.739. The van der Waals surface area contributed by atoms with Crippen LogP contribution in [0.2, 0.25) is 0 Å². The van der Waals surface area contributed by atoms with E-state index in [2.05, 4.69) is 15.5 Å². The molecule has 25 heavy (non-hydrogen) atoms. The molecular formula is C19H28FN3O2. The summed E-state index contributed by atoms with van der Waals surface area (Å²) in [6, 6.07) is 5.91. The highest BCUT2D eigenvalue weighted by molar-refractivity contribution is 5.74. The molecule has 0 aromatic heterocycles. The van der Waals surface area contributed by atoms with Crippen LogP contribution in [0.5, 0.6) is 0 Å². The maximum absolute atomic E-state index is 13.6. The summed E-state index contributed by atoms with van der Waals surface area (Å²) in [7, 11) is 0. The summed E-state index contributed by atoms with van der Waals surface area (Å²) in [5, 5.41) is 15.6. The summed E-state index contributed by atoms with van der Waals surface area (Å²) >= 11 is 0. The third-order valence-electron chi connectivity index (χ3n) is 5.32. The lowest BCUT2D eigenvalue weighted by atomic mass is 10.1. The first-order valence-electron chi connectivity index (χ1n) is 9.31. The van der Waals surface area contributed by atoms with Crippen LogP contribution in [-0.4, -0.2) is 48.3 Å². The number of hydrogen-bond donors (Lipinski definition) is 3. The first-order valence-corrected chi connectivity index (χ1v) is 9.31. The fourth-order valence-corrected chi connectivity index (χ4v) is 3.96. The summed E-state index contributed by atoms with van der Waals surface area (Å²) in [6.07, 6.45) is 5.29. The van der Waals surface area contributed by atoms with Crippen molar-refractivity contribution in [2.24, 2.45) is 5.92 Å². The molecule has 1 aliphatic carbocycles. The second-order valence-corrected chi connectivity index (χ2v) is 7.29. The molecule has 2 atom stereocenters. The molecule has 0 radical (unpaired) electrons. The van der Waals surface area contributed by atoms with E-state index < -0.39 is 11.9 Å². The molecule has 1 aliphatic heterocycles. The van der Waals surface area contributed by atoms with Crippen molar-refractivity contribution >= 4 is 6.03 Å². The van der Waals surface area contributed by atoms with Gasteiger partial charge in [0.1, 0.15) is 5.82 Å². The number of carbonyl (C=O) groups excluding carboxylic acids is 1. The summed E-state index contributed by atoms with van der Waals surface area (Å²) in [5.41, 5.74) is 0.200. The van der Waals surface area contributed by atoms with Gasteiger partial charge in [-0.3, -0.25) is 0 Å². The van der Waals surface area contributed by atoms with Gasteiger partial charge in [0.15, 0.2) is 0 Å². The molecule has 6 heteroatoms. The molecule has 2 amide bonds. The average molecular weight is 349 g/mol. The van der Waals surface area contributed by atoms with Crippen molar-refractivity contribution in [1.82, 2.24) is 15.5 Å². The number of benzene rings is 1. The predicted molar refractivity (Wildman–Crippen MR) is 94.7 cm³/mol. The second kappa shape index (κ2) is 8.63. The SMILES string of the molecule is O=C(NCC(O)c1ccccc1F)NC1CCN(CC2CCCC2)C1. The Bertz CT molecular complexity index is 578. The highest BCUT2D eigenvalue weighted by Crippen LogP contribution is 2.26. The Hall–Kier alpha value is -1.66. The lowest BCUT2D eigenvalue weighted by molar-refractivity contribution is 0.168. The van der Waals surface area contributed by atoms with Gasteiger partial charge >= 0.3 is 6.03 Å². The molecule has 138 valence electrons. The number of urea groups is 1. The molecule has 1 saturated carbocycles. The van der Waals surface area contributed by atoms with Crippen molar-refractivity contribution in [3.63, 3.8) is 0 Å². The van der Waals surface area contributed by atoms with Gasteiger partial charge in [0.2, 0.25) is 0 Å². The Balaban J connectivity index is 1.37. The second-order valence-electron chi connectivity index (χ2n) is 7.29. The number of aliphatic hydroxyl groups excluding tert-OH is 1. The summed E-state index contributed by atoms with van der Waals surface area (Å²) in [4.78, 5) is 14.5. The van der Waals surface area contributed by atoms with Gasteiger partial charge in [-0.05, 0) is 31.2 Å². The molecule has 3 rings (SSSR count). The van der Waals surface area contributed by atoms with Crippen LogP contribution >= 0.6 is 0 Å². The number of carbonyl (C=O) groups is 1. The number of nitrogens with zero attached hydrogens (tertiary/aromatic N) is 1. The number of aliphatic hydroxyl groups is 1. The van der Waals surface area contributed by atoms with Crippen LogP contribution in [0.4, 0.5) is 9.18 Å². The van der Waals surface area contributed by atoms with Gasteiger partial charge in [-0.25, -0.2) is 9.18 Å². The van der Waals surface area contributed by atoms with Crippen LogP contribution in [0.1, 0.15) is 43.8 Å². The van der Waals surface area contributed by atoms with Gasteiger partial charge < -0.3 is 20.6 Å². The van der Waals surface area contributed by atoms with E-state index in [9.17, 15) is 14.3 Å². The fraction of sp³-hybridized carbons (Fsp3) is 0.632. The number of likely N-dealkylation sites (tertiary alicyclic amines) is 1. The zero-order valence-electron chi connectivity index (χ0n) is 14.6. The molecule has 2 fully saturated rings. The van der Waals surface area contributed by atoms with Crippen LogP contribution in [-0.2, 0) is 0 Å². The lowest BCUT2D eigenvalue weighted by Crippen LogP contribution is -2.44. The lowest BCUT2D eigenvalue weighted by Gasteiger charge is -2.20. The molecule has 2 aliphatic rings. The first kappa shape index (κ1) is 18.1. The van der Waals surface area contributed by atoms with Gasteiger partial charge in [-0.2, -0.15) is 0 Å². The van der Waals surface area contributed by atoms with Gasteiger partial charge in [0.25, 0.3) is 0 Å². The van der Waals surface area contributed by atoms with E-state index in [0.717, 1.165) is 32.0 Å². The Morgan fingerprint density at radius 2 is 2.04 bits per heavy atom. The Kier molecular flexibility index (Phi) is 6.26. The summed E-state index contributed by atoms with van der Waals surface area (Å²) < 4.78 is 13.6. The minimum Gasteiger partial charge on any atom is -0.386 e. The van der Waals surface area contributed by atoms with Gasteiger partial charge in [0.05, 0.1) is 6.10 Å². The topological polar surface area (TPSA) is 64.6 Å². The number of nitrogens with one attached hydrogen (secondary N) is 2. The highest BCUT2D eigenvalue weighted by atomic mass is 19.1. The van der Waals surface area contributed by atoms with Crippen molar-refractivity contribution in [2.75, 3.05) is 26.2 Å². The molecule has 1 aromatic rings. The molecule has 0 bridgehead atoms. The number of rotatable bonds is 6. The highest BCUT2D eigenvalue weighted by Gasteiger charge is 2.27. The minimum absolute atomic E-state index is 0.00866. The van der Waals surface area contributed by atoms with Gasteiger partial charge in [0, 0.05) is 37.8 Å². The summed E-state index contributed by atoms with van der Waals surface area (Å²) in [6.45, 7) is 3.05. The predicted octanol–water partition coefficient (Wildman–Crippen LogP) is 2.42. The third-order valence-corrected chi connectivity index (χ3v) is 5.32. The zero-order valence-corrected chi connectivity index (χ0v) is 14.6. The van der Waals surface area contributed by atoms with Crippen molar-refractivity contribution < 1.29 is 14.3 Å². The Labute approximate surface area is 148 Å². The molecule has 2 unspecified atom stereocenters. The first-order chi connectivity index (χ1) is 12.1. The number of hydrogen-bond acceptors (Lipinski definition) is 3. The smallest absolute Gasteiger partial charge is 0.315 e. The number of amides is 2. The largest absolute Gasteiger partial charge is 0.386 e. The zero-order chi connectivity index (χ0) is 17.6. The normalized spacial score (nSPS) is 22.9. The van der Waals surface area contributed by atoms with Gasteiger partial charge in [-0.15, -0.1) is 0 Å². The molecule has 5 nitrogen and oxygen atoms in total. The summed E-state index contributed by atoms with van der Waals surface area (Å²) in [5.74, 6) is 0.360. The van der Waals surface area contributed by atoms with Crippen LogP contribution in [0, 0.1) is 11.7 Å². The fourth-order valence-electron chi connectivity index (χ4n) is 3.96. The third kappa shape index (κ3) is 5.16. The van der Waals surface area contributed by atoms with Crippen molar-refractivity contribution in [3.8, 4) is 0 Å². The standard InChI is InChI=1S/C19H28FN3O2/c20-17-8-4-3-7-16(17)18(24)11-21-19(25)22-15-9-10-23(13-15)12-14-5-1-2-6-14/h3-4,7-8,14-15,18,24H,1-2,5-6,9-13H2,(H2,21,22,25). The maximum atomic E-state index is 13.6. The van der Waals surface area contributed by atoms with E-state index in [1.54, 1.807) is 12.1 Å². The van der Waals surface area contributed by atoms with E-state index in [4.69, 9.17) is 0 Å². The van der Waals surface area contributed by atoms with E-state index in [0.29, 0.717) is 0 Å². The Morgan fingerprint density at radius 3 is 2.80 bits per heavy atom. The van der Waals surface area contributed by atoms with Crippen molar-refractivity contribution in [3.05, 3.63) is 35.6 Å². The van der Waals surface area contributed by atoms with Gasteiger partial charge in [-0.1, -0.05) is 31.0 Å².